The number of carbonyl (C=O) groups is 2. The Morgan fingerprint density at radius 2 is 1.97 bits per heavy atom. The van der Waals surface area contributed by atoms with Crippen LogP contribution in [-0.2, 0) is 16.0 Å². The van der Waals surface area contributed by atoms with Crippen molar-refractivity contribution in [1.29, 1.82) is 0 Å². The Morgan fingerprint density at radius 1 is 1.21 bits per heavy atom. The number of alkyl halides is 1. The molecule has 1 aliphatic carbocycles. The third-order valence-electron chi connectivity index (χ3n) is 8.01. The summed E-state index contributed by atoms with van der Waals surface area (Å²) in [6.07, 6.45) is 4.51. The highest BCUT2D eigenvalue weighted by Gasteiger charge is 2.48. The van der Waals surface area contributed by atoms with Gasteiger partial charge < -0.3 is 19.7 Å². The fraction of sp³-hybridized carbons (Fsp3) is 0.483. The summed E-state index contributed by atoms with van der Waals surface area (Å²) in [4.78, 5) is 40.2. The van der Waals surface area contributed by atoms with Gasteiger partial charge in [-0.25, -0.2) is 24.1 Å². The molecule has 1 N–H and O–H groups in total. The van der Waals surface area contributed by atoms with Crippen LogP contribution in [0.2, 0.25) is 0 Å². The molecule has 39 heavy (non-hydrogen) atoms. The first-order valence-electron chi connectivity index (χ1n) is 13.5. The van der Waals surface area contributed by atoms with Crippen LogP contribution >= 0.6 is 0 Å². The number of aromatic nitrogens is 3. The van der Waals surface area contributed by atoms with E-state index in [4.69, 9.17) is 14.5 Å². The van der Waals surface area contributed by atoms with E-state index in [-0.39, 0.29) is 23.9 Å². The van der Waals surface area contributed by atoms with Gasteiger partial charge in [0.15, 0.2) is 0 Å². The minimum atomic E-state index is -0.994. The van der Waals surface area contributed by atoms with Crippen LogP contribution in [0.25, 0.3) is 10.8 Å². The monoisotopic (exact) mass is 533 g/mol. The van der Waals surface area contributed by atoms with E-state index in [0.717, 1.165) is 29.2 Å². The normalized spacial score (nSPS) is 23.6. The number of carbonyl (C=O) groups excluding carboxylic acids is 2. The van der Waals surface area contributed by atoms with Gasteiger partial charge in [0.25, 0.3) is 0 Å². The number of likely N-dealkylation sites (tertiary alicyclic amines) is 1. The van der Waals surface area contributed by atoms with Crippen molar-refractivity contribution >= 4 is 34.3 Å². The predicted molar refractivity (Wildman–Crippen MR) is 143 cm³/mol. The van der Waals surface area contributed by atoms with Crippen molar-refractivity contribution in [2.24, 2.45) is 5.92 Å². The van der Waals surface area contributed by atoms with Crippen LogP contribution in [0.4, 0.5) is 16.0 Å². The van der Waals surface area contributed by atoms with Gasteiger partial charge in [-0.3, -0.25) is 4.79 Å². The van der Waals surface area contributed by atoms with Gasteiger partial charge in [-0.15, -0.1) is 0 Å². The third-order valence-corrected chi connectivity index (χ3v) is 8.01. The lowest BCUT2D eigenvalue weighted by Crippen LogP contribution is -2.56. The van der Waals surface area contributed by atoms with Gasteiger partial charge >= 0.3 is 5.97 Å². The second-order valence-electron chi connectivity index (χ2n) is 11.3. The quantitative estimate of drug-likeness (QED) is 0.435. The smallest absolute Gasteiger partial charge is 0.340 e. The molecule has 0 spiro atoms. The molecule has 3 atom stereocenters. The van der Waals surface area contributed by atoms with Crippen LogP contribution in [0.1, 0.15) is 68.1 Å². The summed E-state index contributed by atoms with van der Waals surface area (Å²) in [5.41, 5.74) is 1.61. The molecule has 1 saturated carbocycles. The van der Waals surface area contributed by atoms with E-state index in [2.05, 4.69) is 22.2 Å². The van der Waals surface area contributed by atoms with Crippen molar-refractivity contribution in [2.45, 2.75) is 70.8 Å². The number of pyridine rings is 3. The van der Waals surface area contributed by atoms with Gasteiger partial charge in [-0.2, -0.15) is 0 Å². The van der Waals surface area contributed by atoms with Gasteiger partial charge in [-0.1, -0.05) is 20.3 Å². The summed E-state index contributed by atoms with van der Waals surface area (Å²) in [6.45, 7) is 8.76. The first-order valence-corrected chi connectivity index (χ1v) is 13.5. The van der Waals surface area contributed by atoms with Crippen LogP contribution in [0.5, 0.6) is 5.88 Å². The van der Waals surface area contributed by atoms with Crippen LogP contribution in [-0.4, -0.2) is 62.7 Å². The minimum absolute atomic E-state index is 0.0705. The summed E-state index contributed by atoms with van der Waals surface area (Å²) in [5.74, 6) is 0.642. The van der Waals surface area contributed by atoms with Crippen LogP contribution in [0.15, 0.2) is 30.6 Å². The van der Waals surface area contributed by atoms with Gasteiger partial charge in [0.2, 0.25) is 11.8 Å². The fourth-order valence-corrected chi connectivity index (χ4v) is 5.19. The van der Waals surface area contributed by atoms with Crippen molar-refractivity contribution in [3.8, 4) is 5.88 Å². The first-order chi connectivity index (χ1) is 18.6. The number of esters is 1. The van der Waals surface area contributed by atoms with E-state index in [0.29, 0.717) is 48.3 Å². The summed E-state index contributed by atoms with van der Waals surface area (Å²) in [5, 5.41) is 5.05. The molecule has 5 heterocycles. The van der Waals surface area contributed by atoms with E-state index in [9.17, 15) is 14.0 Å². The number of ether oxygens (including phenoxy) is 2. The average Bonchev–Trinajstić information content (AvgIpc) is 3.61. The number of hydrogen-bond donors (Lipinski definition) is 1. The summed E-state index contributed by atoms with van der Waals surface area (Å²) in [6, 6.07) is 5.45. The average molecular weight is 534 g/mol. The molecule has 10 heteroatoms. The molecule has 9 nitrogen and oxygen atoms in total. The fourth-order valence-electron chi connectivity index (χ4n) is 5.19. The molecule has 3 aromatic heterocycles. The topological polar surface area (TPSA) is 107 Å². The lowest BCUT2D eigenvalue weighted by Gasteiger charge is -2.39. The molecule has 2 fully saturated rings. The minimum Gasteiger partial charge on any atom is -0.470 e. The Hall–Kier alpha value is -3.82. The van der Waals surface area contributed by atoms with Gasteiger partial charge in [0.1, 0.15) is 29.5 Å². The predicted octanol–water partition coefficient (Wildman–Crippen LogP) is 4.72. The molecule has 204 valence electrons. The summed E-state index contributed by atoms with van der Waals surface area (Å²) in [7, 11) is 0. The van der Waals surface area contributed by atoms with Crippen molar-refractivity contribution < 1.29 is 23.5 Å². The molecule has 0 radical (unpaired) electrons. The Labute approximate surface area is 226 Å². The Balaban J connectivity index is 1.23. The lowest BCUT2D eigenvalue weighted by molar-refractivity contribution is -0.141. The SMILES string of the molecule is CCCc1cnc(OC2CN(C(=O)C3CC3F)C2)c2cnc(Nc3ccc4c(n3)C(C)C(C)(C)OC4=O)cc12. The third kappa shape index (κ3) is 4.66. The molecule has 3 unspecified atom stereocenters. The number of hydrogen-bond acceptors (Lipinski definition) is 8. The second kappa shape index (κ2) is 9.43. The number of anilines is 2. The number of cyclic esters (lactones) is 1. The number of amides is 1. The Morgan fingerprint density at radius 3 is 2.69 bits per heavy atom. The highest BCUT2D eigenvalue weighted by atomic mass is 19.1. The zero-order chi connectivity index (χ0) is 27.5. The van der Waals surface area contributed by atoms with Crippen molar-refractivity contribution in [3.05, 3.63) is 47.4 Å². The molecule has 1 amide bonds. The van der Waals surface area contributed by atoms with Crippen LogP contribution in [0.3, 0.4) is 0 Å². The zero-order valence-corrected chi connectivity index (χ0v) is 22.5. The highest BCUT2D eigenvalue weighted by Crippen LogP contribution is 2.39. The van der Waals surface area contributed by atoms with E-state index in [1.165, 1.54) is 0 Å². The van der Waals surface area contributed by atoms with E-state index in [1.807, 2.05) is 33.0 Å². The van der Waals surface area contributed by atoms with Crippen molar-refractivity contribution in [3.63, 3.8) is 0 Å². The second-order valence-corrected chi connectivity index (χ2v) is 11.3. The maximum absolute atomic E-state index is 13.3. The number of nitrogens with zero attached hydrogens (tertiary/aromatic N) is 4. The molecule has 0 aromatic carbocycles. The van der Waals surface area contributed by atoms with Crippen molar-refractivity contribution in [2.75, 3.05) is 18.4 Å². The summed E-state index contributed by atoms with van der Waals surface area (Å²) < 4.78 is 25.0. The molecule has 3 aromatic rings. The van der Waals surface area contributed by atoms with Gasteiger partial charge in [0.05, 0.1) is 35.7 Å². The molecule has 6 rings (SSSR count). The largest absolute Gasteiger partial charge is 0.470 e. The van der Waals surface area contributed by atoms with Gasteiger partial charge in [-0.05, 0) is 55.8 Å². The lowest BCUT2D eigenvalue weighted by atomic mass is 9.84. The molecule has 0 bridgehead atoms. The number of rotatable bonds is 7. The number of nitrogens with one attached hydrogen (secondary N) is 1. The maximum Gasteiger partial charge on any atom is 0.340 e. The van der Waals surface area contributed by atoms with E-state index < -0.39 is 17.7 Å². The number of aryl methyl sites for hydroxylation is 1. The van der Waals surface area contributed by atoms with Crippen LogP contribution in [0, 0.1) is 5.92 Å². The number of halogens is 1. The molecule has 2 aliphatic heterocycles. The maximum atomic E-state index is 13.3. The summed E-state index contributed by atoms with van der Waals surface area (Å²) >= 11 is 0. The van der Waals surface area contributed by atoms with Crippen molar-refractivity contribution in [1.82, 2.24) is 19.9 Å². The van der Waals surface area contributed by atoms with Crippen LogP contribution < -0.4 is 10.1 Å². The highest BCUT2D eigenvalue weighted by molar-refractivity contribution is 5.93. The Bertz CT molecular complexity index is 1470. The number of fused-ring (bicyclic) bond motifs is 2. The van der Waals surface area contributed by atoms with E-state index in [1.54, 1.807) is 23.2 Å². The molecular formula is C29H32FN5O4. The molecule has 1 saturated heterocycles. The molecule has 3 aliphatic rings. The Kier molecular flexibility index (Phi) is 6.15. The van der Waals surface area contributed by atoms with Gasteiger partial charge in [0, 0.05) is 18.3 Å². The standard InChI is InChI=1S/C29H32FN5O4/c1-5-6-16-11-32-26(38-17-13-35(14-17)27(36)20-9-22(20)30)21-12-31-24(10-19(16)21)33-23-8-7-18-25(34-23)15(2)29(3,4)39-28(18)37/h7-8,10-12,15,17,20,22H,5-6,9,13-14H2,1-4H3,(H,31,33,34). The van der Waals surface area contributed by atoms with E-state index >= 15 is 0 Å². The first kappa shape index (κ1) is 25.5. The zero-order valence-electron chi connectivity index (χ0n) is 22.5. The molecular weight excluding hydrogens is 501 g/mol.